The Hall–Kier alpha value is -3.36. The van der Waals surface area contributed by atoms with Crippen LogP contribution in [0.15, 0.2) is 60.8 Å². The molecule has 9 heteroatoms. The molecule has 5 nitrogen and oxygen atoms in total. The fraction of sp³-hybridized carbons (Fsp3) is 0.304. The molecule has 168 valence electrons. The molecule has 3 atom stereocenters. The van der Waals surface area contributed by atoms with E-state index in [1.165, 1.54) is 6.07 Å². The first-order valence-electron chi connectivity index (χ1n) is 10.3. The third-order valence-electron chi connectivity index (χ3n) is 5.68. The highest BCUT2D eigenvalue weighted by molar-refractivity contribution is 5.99. The Labute approximate surface area is 182 Å². The summed E-state index contributed by atoms with van der Waals surface area (Å²) in [5.41, 5.74) is 0.973. The number of nitrogens with one attached hydrogen (secondary N) is 2. The number of carbonyl (C=O) groups excluding carboxylic acids is 1. The fourth-order valence-corrected chi connectivity index (χ4v) is 4.03. The standard InChI is InChI=1S/C23H22F4N4O/c1-2-18(15-10-6-7-11-17(15)24)30-22(32)16-13-28-31-20(23(25,26)27)12-19(29-21(16)31)14-8-4-3-5-9-14/h3-11,13,18-20,29H,2,12H2,1H3,(H,30,32). The van der Waals surface area contributed by atoms with Crippen molar-refractivity contribution >= 4 is 11.7 Å². The molecule has 0 spiro atoms. The summed E-state index contributed by atoms with van der Waals surface area (Å²) in [5, 5.41) is 9.66. The van der Waals surface area contributed by atoms with E-state index in [9.17, 15) is 22.4 Å². The first-order chi connectivity index (χ1) is 15.3. The maximum Gasteiger partial charge on any atom is 0.410 e. The van der Waals surface area contributed by atoms with Gasteiger partial charge in [-0.15, -0.1) is 0 Å². The van der Waals surface area contributed by atoms with E-state index in [1.54, 1.807) is 55.5 Å². The second-order valence-electron chi connectivity index (χ2n) is 7.71. The zero-order valence-electron chi connectivity index (χ0n) is 17.2. The average molecular weight is 446 g/mol. The zero-order valence-corrected chi connectivity index (χ0v) is 17.2. The number of benzene rings is 2. The molecule has 0 saturated carbocycles. The van der Waals surface area contributed by atoms with Crippen LogP contribution in [0.4, 0.5) is 23.4 Å². The first-order valence-corrected chi connectivity index (χ1v) is 10.3. The Morgan fingerprint density at radius 1 is 1.19 bits per heavy atom. The summed E-state index contributed by atoms with van der Waals surface area (Å²) in [6, 6.07) is 11.7. The van der Waals surface area contributed by atoms with Crippen LogP contribution in [0, 0.1) is 5.82 Å². The van der Waals surface area contributed by atoms with Gasteiger partial charge in [0.05, 0.1) is 18.3 Å². The Kier molecular flexibility index (Phi) is 5.90. The molecule has 0 aliphatic carbocycles. The van der Waals surface area contributed by atoms with Crippen molar-refractivity contribution in [3.8, 4) is 0 Å². The summed E-state index contributed by atoms with van der Waals surface area (Å²) < 4.78 is 56.5. The number of rotatable bonds is 5. The maximum atomic E-state index is 14.2. The molecule has 3 unspecified atom stereocenters. The van der Waals surface area contributed by atoms with E-state index >= 15 is 0 Å². The SMILES string of the molecule is CCC(NC(=O)c1cnn2c1NC(c1ccccc1)CC2C(F)(F)F)c1ccccc1F. The van der Waals surface area contributed by atoms with Crippen LogP contribution in [-0.4, -0.2) is 21.9 Å². The summed E-state index contributed by atoms with van der Waals surface area (Å²) in [4.78, 5) is 13.0. The largest absolute Gasteiger partial charge is 0.410 e. The van der Waals surface area contributed by atoms with Gasteiger partial charge in [0.15, 0.2) is 6.04 Å². The minimum atomic E-state index is -4.54. The Morgan fingerprint density at radius 3 is 2.53 bits per heavy atom. The molecule has 4 rings (SSSR count). The summed E-state index contributed by atoms with van der Waals surface area (Å²) in [7, 11) is 0. The van der Waals surface area contributed by atoms with Gasteiger partial charge in [0.2, 0.25) is 0 Å². The van der Waals surface area contributed by atoms with E-state index < -0.39 is 36.0 Å². The van der Waals surface area contributed by atoms with E-state index in [0.717, 1.165) is 10.9 Å². The van der Waals surface area contributed by atoms with E-state index in [1.807, 2.05) is 0 Å². The van der Waals surface area contributed by atoms with E-state index in [0.29, 0.717) is 17.5 Å². The molecule has 0 bridgehead atoms. The van der Waals surface area contributed by atoms with Gasteiger partial charge in [-0.2, -0.15) is 18.3 Å². The highest BCUT2D eigenvalue weighted by atomic mass is 19.4. The number of carbonyl (C=O) groups is 1. The van der Waals surface area contributed by atoms with Crippen molar-refractivity contribution in [2.24, 2.45) is 0 Å². The number of halogens is 4. The number of nitrogens with zero attached hydrogens (tertiary/aromatic N) is 2. The number of alkyl halides is 3. The van der Waals surface area contributed by atoms with Gasteiger partial charge in [0.25, 0.3) is 5.91 Å². The number of anilines is 1. The van der Waals surface area contributed by atoms with Gasteiger partial charge < -0.3 is 10.6 Å². The summed E-state index contributed by atoms with van der Waals surface area (Å²) in [6.45, 7) is 1.79. The van der Waals surface area contributed by atoms with Gasteiger partial charge >= 0.3 is 6.18 Å². The zero-order chi connectivity index (χ0) is 22.9. The number of aromatic nitrogens is 2. The van der Waals surface area contributed by atoms with Gasteiger partial charge in [-0.1, -0.05) is 55.5 Å². The summed E-state index contributed by atoms with van der Waals surface area (Å²) >= 11 is 0. The second-order valence-corrected chi connectivity index (χ2v) is 7.71. The molecule has 0 saturated heterocycles. The van der Waals surface area contributed by atoms with Crippen LogP contribution in [0.25, 0.3) is 0 Å². The lowest BCUT2D eigenvalue weighted by atomic mass is 9.96. The maximum absolute atomic E-state index is 14.2. The van der Waals surface area contributed by atoms with Gasteiger partial charge in [-0.05, 0) is 18.1 Å². The number of hydrogen-bond acceptors (Lipinski definition) is 3. The highest BCUT2D eigenvalue weighted by Gasteiger charge is 2.47. The van der Waals surface area contributed by atoms with Crippen molar-refractivity contribution < 1.29 is 22.4 Å². The lowest BCUT2D eigenvalue weighted by molar-refractivity contribution is -0.173. The van der Waals surface area contributed by atoms with Crippen LogP contribution in [-0.2, 0) is 0 Å². The highest BCUT2D eigenvalue weighted by Crippen LogP contribution is 2.44. The van der Waals surface area contributed by atoms with Crippen molar-refractivity contribution in [3.63, 3.8) is 0 Å². The Morgan fingerprint density at radius 2 is 1.88 bits per heavy atom. The van der Waals surface area contributed by atoms with Crippen LogP contribution in [0.2, 0.25) is 0 Å². The molecule has 1 aliphatic rings. The van der Waals surface area contributed by atoms with Gasteiger partial charge in [0.1, 0.15) is 17.2 Å². The second kappa shape index (κ2) is 8.64. The van der Waals surface area contributed by atoms with Crippen LogP contribution >= 0.6 is 0 Å². The third-order valence-corrected chi connectivity index (χ3v) is 5.68. The molecular formula is C23H22F4N4O. The predicted octanol–water partition coefficient (Wildman–Crippen LogP) is 5.56. The Balaban J connectivity index is 1.66. The lowest BCUT2D eigenvalue weighted by Gasteiger charge is -2.34. The Bertz CT molecular complexity index is 1100. The van der Waals surface area contributed by atoms with Crippen molar-refractivity contribution in [2.75, 3.05) is 5.32 Å². The number of fused-ring (bicyclic) bond motifs is 1. The molecular weight excluding hydrogens is 424 g/mol. The smallest absolute Gasteiger partial charge is 0.363 e. The molecule has 1 amide bonds. The average Bonchev–Trinajstić information content (AvgIpc) is 3.21. The normalized spacial score (nSPS) is 19.0. The topological polar surface area (TPSA) is 59.0 Å². The van der Waals surface area contributed by atoms with Crippen molar-refractivity contribution in [3.05, 3.63) is 83.3 Å². The molecule has 3 aromatic rings. The van der Waals surface area contributed by atoms with E-state index in [-0.39, 0.29) is 17.8 Å². The minimum Gasteiger partial charge on any atom is -0.363 e. The fourth-order valence-electron chi connectivity index (χ4n) is 4.03. The molecule has 1 aromatic heterocycles. The summed E-state index contributed by atoms with van der Waals surface area (Å²) in [6.07, 6.45) is -3.27. The number of amides is 1. The van der Waals surface area contributed by atoms with Crippen LogP contribution < -0.4 is 10.6 Å². The van der Waals surface area contributed by atoms with Crippen molar-refractivity contribution in [1.29, 1.82) is 0 Å². The first kappa shape index (κ1) is 21.9. The van der Waals surface area contributed by atoms with Crippen LogP contribution in [0.1, 0.15) is 59.4 Å². The van der Waals surface area contributed by atoms with Crippen molar-refractivity contribution in [2.45, 2.75) is 44.1 Å². The summed E-state index contributed by atoms with van der Waals surface area (Å²) in [5.74, 6) is -1.09. The molecule has 32 heavy (non-hydrogen) atoms. The van der Waals surface area contributed by atoms with Gasteiger partial charge in [-0.3, -0.25) is 4.79 Å². The van der Waals surface area contributed by atoms with Crippen LogP contribution in [0.3, 0.4) is 0 Å². The van der Waals surface area contributed by atoms with Gasteiger partial charge in [0, 0.05) is 12.0 Å². The monoisotopic (exact) mass is 446 g/mol. The van der Waals surface area contributed by atoms with Crippen molar-refractivity contribution in [1.82, 2.24) is 15.1 Å². The predicted molar refractivity (Wildman–Crippen MR) is 112 cm³/mol. The third kappa shape index (κ3) is 4.19. The lowest BCUT2D eigenvalue weighted by Crippen LogP contribution is -2.36. The molecule has 1 aliphatic heterocycles. The minimum absolute atomic E-state index is 0.00619. The quantitative estimate of drug-likeness (QED) is 0.504. The molecule has 2 N–H and O–H groups in total. The van der Waals surface area contributed by atoms with E-state index in [4.69, 9.17) is 0 Å². The molecule has 0 fully saturated rings. The van der Waals surface area contributed by atoms with Gasteiger partial charge in [-0.25, -0.2) is 9.07 Å². The molecule has 2 heterocycles. The van der Waals surface area contributed by atoms with Crippen LogP contribution in [0.5, 0.6) is 0 Å². The van der Waals surface area contributed by atoms with E-state index in [2.05, 4.69) is 15.7 Å². The number of hydrogen-bond donors (Lipinski definition) is 2. The molecule has 2 aromatic carbocycles. The molecule has 0 radical (unpaired) electrons.